The van der Waals surface area contributed by atoms with Gasteiger partial charge in [0.25, 0.3) is 0 Å². The minimum atomic E-state index is -4.17. The standard InChI is InChI=1S/C8H16O4S.C3H8.2CH4/c1-3-4-8(9)7(2)5-6-13(10,11)12;1-3-2;;/h7H,3-6H2,1-2H3,(H,10,11,12);3H2,1-2H3;2*1H4/p-1. The lowest BCUT2D eigenvalue weighted by Gasteiger charge is -2.11. The summed E-state index contributed by atoms with van der Waals surface area (Å²) in [6.45, 7) is 7.79. The summed E-state index contributed by atoms with van der Waals surface area (Å²) in [6.07, 6.45) is 2.61. The first kappa shape index (κ1) is 26.2. The Labute approximate surface area is 114 Å². The van der Waals surface area contributed by atoms with Crippen LogP contribution in [0.2, 0.25) is 0 Å². The molecule has 0 radical (unpaired) electrons. The van der Waals surface area contributed by atoms with Gasteiger partial charge in [0.2, 0.25) is 0 Å². The van der Waals surface area contributed by atoms with Gasteiger partial charge in [-0.2, -0.15) is 0 Å². The van der Waals surface area contributed by atoms with Gasteiger partial charge >= 0.3 is 0 Å². The molecule has 5 heteroatoms. The fraction of sp³-hybridized carbons (Fsp3) is 0.923. The Bertz CT molecular complexity index is 271. The Morgan fingerprint density at radius 2 is 1.56 bits per heavy atom. The van der Waals surface area contributed by atoms with Crippen LogP contribution in [-0.2, 0) is 14.9 Å². The second kappa shape index (κ2) is 14.6. The highest BCUT2D eigenvalue weighted by molar-refractivity contribution is 7.85. The van der Waals surface area contributed by atoms with E-state index in [-0.39, 0.29) is 33.0 Å². The SMILES string of the molecule is C.C.CCC.CCCC(=O)C(C)CCS(=O)(=O)[O-]. The van der Waals surface area contributed by atoms with Crippen LogP contribution >= 0.6 is 0 Å². The summed E-state index contributed by atoms with van der Waals surface area (Å²) in [6, 6.07) is 0. The van der Waals surface area contributed by atoms with Gasteiger partial charge in [0.05, 0.1) is 10.1 Å². The summed E-state index contributed by atoms with van der Waals surface area (Å²) in [5, 5.41) is 0. The molecule has 0 fully saturated rings. The molecule has 0 aromatic carbocycles. The maximum atomic E-state index is 11.2. The second-order valence-corrected chi connectivity index (χ2v) is 5.40. The van der Waals surface area contributed by atoms with Crippen molar-refractivity contribution < 1.29 is 17.8 Å². The number of hydrogen-bond acceptors (Lipinski definition) is 4. The van der Waals surface area contributed by atoms with Crippen LogP contribution < -0.4 is 0 Å². The highest BCUT2D eigenvalue weighted by Crippen LogP contribution is 2.08. The number of rotatable bonds is 6. The third-order valence-electron chi connectivity index (χ3n) is 1.85. The van der Waals surface area contributed by atoms with Crippen molar-refractivity contribution in [2.45, 2.75) is 68.2 Å². The van der Waals surface area contributed by atoms with Gasteiger partial charge in [0, 0.05) is 18.1 Å². The summed E-state index contributed by atoms with van der Waals surface area (Å²) in [5.41, 5.74) is 0. The van der Waals surface area contributed by atoms with Gasteiger partial charge in [0.15, 0.2) is 0 Å². The summed E-state index contributed by atoms with van der Waals surface area (Å²) in [7, 11) is -4.17. The maximum absolute atomic E-state index is 11.2. The van der Waals surface area contributed by atoms with Crippen LogP contribution in [0.1, 0.15) is 68.2 Å². The zero-order valence-electron chi connectivity index (χ0n) is 10.7. The molecule has 0 amide bonds. The average Bonchev–Trinajstić information content (AvgIpc) is 2.14. The van der Waals surface area contributed by atoms with Crippen molar-refractivity contribution in [1.29, 1.82) is 0 Å². The van der Waals surface area contributed by atoms with Crippen LogP contribution in [-0.4, -0.2) is 24.5 Å². The fourth-order valence-electron chi connectivity index (χ4n) is 0.975. The molecule has 1 unspecified atom stereocenters. The van der Waals surface area contributed by atoms with E-state index in [1.54, 1.807) is 6.92 Å². The van der Waals surface area contributed by atoms with Crippen LogP contribution in [0.5, 0.6) is 0 Å². The largest absolute Gasteiger partial charge is 0.748 e. The highest BCUT2D eigenvalue weighted by Gasteiger charge is 2.12. The molecule has 0 bridgehead atoms. The lowest BCUT2D eigenvalue weighted by atomic mass is 10.0. The van der Waals surface area contributed by atoms with Crippen LogP contribution in [0.25, 0.3) is 0 Å². The van der Waals surface area contributed by atoms with E-state index in [0.717, 1.165) is 6.42 Å². The van der Waals surface area contributed by atoms with E-state index in [4.69, 9.17) is 0 Å². The number of ketones is 1. The Kier molecular flexibility index (Phi) is 21.3. The van der Waals surface area contributed by atoms with Gasteiger partial charge in [0.1, 0.15) is 5.78 Å². The second-order valence-electron chi connectivity index (χ2n) is 3.87. The normalized spacial score (nSPS) is 11.2. The predicted molar refractivity (Wildman–Crippen MR) is 77.7 cm³/mol. The van der Waals surface area contributed by atoms with Gasteiger partial charge < -0.3 is 4.55 Å². The Hall–Kier alpha value is -0.420. The van der Waals surface area contributed by atoms with E-state index in [2.05, 4.69) is 13.8 Å². The van der Waals surface area contributed by atoms with Gasteiger partial charge in [-0.05, 0) is 12.8 Å². The van der Waals surface area contributed by atoms with E-state index in [1.807, 2.05) is 6.92 Å². The fourth-order valence-corrected chi connectivity index (χ4v) is 1.62. The summed E-state index contributed by atoms with van der Waals surface area (Å²) < 4.78 is 30.7. The van der Waals surface area contributed by atoms with Gasteiger partial charge in [-0.25, -0.2) is 8.42 Å². The molecular weight excluding hydrogens is 252 g/mol. The predicted octanol–water partition coefficient (Wildman–Crippen LogP) is 3.62. The lowest BCUT2D eigenvalue weighted by Crippen LogP contribution is -2.15. The van der Waals surface area contributed by atoms with Crippen LogP contribution in [0.3, 0.4) is 0 Å². The van der Waals surface area contributed by atoms with Crippen molar-refractivity contribution in [3.63, 3.8) is 0 Å². The summed E-state index contributed by atoms with van der Waals surface area (Å²) in [5.74, 6) is -0.723. The Morgan fingerprint density at radius 3 is 1.83 bits per heavy atom. The van der Waals surface area contributed by atoms with Gasteiger partial charge in [-0.1, -0.05) is 49.0 Å². The first-order valence-corrected chi connectivity index (χ1v) is 7.32. The van der Waals surface area contributed by atoms with E-state index < -0.39 is 15.9 Å². The van der Waals surface area contributed by atoms with Crippen molar-refractivity contribution >= 4 is 15.9 Å². The van der Waals surface area contributed by atoms with Crippen molar-refractivity contribution in [2.24, 2.45) is 5.92 Å². The molecular formula is C13H31O4S-. The van der Waals surface area contributed by atoms with Crippen molar-refractivity contribution in [2.75, 3.05) is 5.75 Å². The monoisotopic (exact) mass is 283 g/mol. The lowest BCUT2D eigenvalue weighted by molar-refractivity contribution is -0.122. The molecule has 0 heterocycles. The van der Waals surface area contributed by atoms with Crippen LogP contribution in [0.15, 0.2) is 0 Å². The quantitative estimate of drug-likeness (QED) is 0.698. The van der Waals surface area contributed by atoms with E-state index in [1.165, 1.54) is 6.42 Å². The first-order chi connectivity index (χ1) is 7.28. The van der Waals surface area contributed by atoms with Gasteiger partial charge in [-0.15, -0.1) is 0 Å². The maximum Gasteiger partial charge on any atom is 0.135 e. The molecule has 0 N–H and O–H groups in total. The van der Waals surface area contributed by atoms with Crippen LogP contribution in [0, 0.1) is 5.92 Å². The molecule has 114 valence electrons. The molecule has 4 nitrogen and oxygen atoms in total. The summed E-state index contributed by atoms with van der Waals surface area (Å²) in [4.78, 5) is 11.2. The molecule has 0 aromatic rings. The third kappa shape index (κ3) is 20.9. The number of carbonyl (C=O) groups excluding carboxylic acids is 1. The topological polar surface area (TPSA) is 74.3 Å². The average molecular weight is 283 g/mol. The summed E-state index contributed by atoms with van der Waals surface area (Å²) >= 11 is 0. The van der Waals surface area contributed by atoms with E-state index >= 15 is 0 Å². The zero-order chi connectivity index (χ0) is 13.2. The minimum Gasteiger partial charge on any atom is -0.748 e. The molecule has 0 rings (SSSR count). The molecule has 0 aromatic heterocycles. The van der Waals surface area contributed by atoms with Crippen molar-refractivity contribution in [3.05, 3.63) is 0 Å². The molecule has 18 heavy (non-hydrogen) atoms. The van der Waals surface area contributed by atoms with Crippen molar-refractivity contribution in [3.8, 4) is 0 Å². The number of carbonyl (C=O) groups is 1. The molecule has 0 spiro atoms. The smallest absolute Gasteiger partial charge is 0.135 e. The minimum absolute atomic E-state index is 0. The molecule has 0 aliphatic rings. The first-order valence-electron chi connectivity index (χ1n) is 5.74. The molecule has 0 saturated heterocycles. The molecule has 0 saturated carbocycles. The molecule has 1 atom stereocenters. The van der Waals surface area contributed by atoms with E-state index in [9.17, 15) is 17.8 Å². The van der Waals surface area contributed by atoms with Gasteiger partial charge in [-0.3, -0.25) is 4.79 Å². The highest BCUT2D eigenvalue weighted by atomic mass is 32.2. The van der Waals surface area contributed by atoms with Crippen molar-refractivity contribution in [1.82, 2.24) is 0 Å². The van der Waals surface area contributed by atoms with Crippen LogP contribution in [0.4, 0.5) is 0 Å². The zero-order valence-corrected chi connectivity index (χ0v) is 11.5. The van der Waals surface area contributed by atoms with E-state index in [0.29, 0.717) is 6.42 Å². The molecule has 0 aliphatic heterocycles. The molecule has 0 aliphatic carbocycles. The number of Topliss-reactive ketones (excluding diaryl/α,β-unsaturated/α-hetero) is 1. The third-order valence-corrected chi connectivity index (χ3v) is 2.58. The number of hydrogen-bond donors (Lipinski definition) is 0. The Balaban J connectivity index is -0.000000177. The Morgan fingerprint density at radius 1 is 1.17 bits per heavy atom.